The van der Waals surface area contributed by atoms with Crippen molar-refractivity contribution in [3.8, 4) is 0 Å². The van der Waals surface area contributed by atoms with Crippen LogP contribution < -0.4 is 0 Å². The van der Waals surface area contributed by atoms with Gasteiger partial charge >= 0.3 is 5.97 Å². The van der Waals surface area contributed by atoms with Crippen LogP contribution in [0.1, 0.15) is 24.0 Å². The van der Waals surface area contributed by atoms with E-state index in [-0.39, 0.29) is 12.6 Å². The van der Waals surface area contributed by atoms with Gasteiger partial charge in [0.25, 0.3) is 0 Å². The van der Waals surface area contributed by atoms with Gasteiger partial charge < -0.3 is 9.30 Å². The highest BCUT2D eigenvalue weighted by Crippen LogP contribution is 2.10. The fraction of sp³-hybridized carbons (Fsp3) is 0.250. The fourth-order valence-corrected chi connectivity index (χ4v) is 1.85. The number of carbonyl (C=O) groups excluding carboxylic acids is 1. The Morgan fingerprint density at radius 3 is 2.70 bits per heavy atom. The Morgan fingerprint density at radius 1 is 1.35 bits per heavy atom. The van der Waals surface area contributed by atoms with Crippen molar-refractivity contribution in [1.29, 1.82) is 0 Å². The molecule has 0 radical (unpaired) electrons. The molecule has 1 aromatic heterocycles. The molecule has 0 bridgehead atoms. The van der Waals surface area contributed by atoms with Gasteiger partial charge in [-0.15, -0.1) is 0 Å². The average molecular weight is 270 g/mol. The summed E-state index contributed by atoms with van der Waals surface area (Å²) in [5.74, 6) is 0.554. The molecule has 0 atom stereocenters. The number of hydrogen-bond donors (Lipinski definition) is 0. The number of imidazole rings is 1. The molecule has 104 valence electrons. The highest BCUT2D eigenvalue weighted by molar-refractivity contribution is 5.86. The van der Waals surface area contributed by atoms with Gasteiger partial charge in [0.2, 0.25) is 0 Å². The van der Waals surface area contributed by atoms with Crippen LogP contribution >= 0.6 is 0 Å². The lowest BCUT2D eigenvalue weighted by Gasteiger charge is -2.01. The molecule has 20 heavy (non-hydrogen) atoms. The van der Waals surface area contributed by atoms with Crippen LogP contribution in [0.5, 0.6) is 0 Å². The molecule has 4 heteroatoms. The molecule has 2 rings (SSSR count). The summed E-state index contributed by atoms with van der Waals surface area (Å²) < 4.78 is 7.05. The van der Waals surface area contributed by atoms with Gasteiger partial charge in [-0.05, 0) is 12.5 Å². The van der Waals surface area contributed by atoms with E-state index in [1.54, 1.807) is 6.92 Å². The normalized spacial score (nSPS) is 10.3. The predicted octanol–water partition coefficient (Wildman–Crippen LogP) is 2.63. The maximum atomic E-state index is 11.3. The maximum Gasteiger partial charge on any atom is 0.333 e. The summed E-state index contributed by atoms with van der Waals surface area (Å²) in [7, 11) is 1.94. The van der Waals surface area contributed by atoms with Crippen molar-refractivity contribution < 1.29 is 9.53 Å². The van der Waals surface area contributed by atoms with Crippen molar-refractivity contribution >= 4 is 5.97 Å². The molecule has 0 N–H and O–H groups in total. The van der Waals surface area contributed by atoms with E-state index in [2.05, 4.69) is 23.7 Å². The van der Waals surface area contributed by atoms with Crippen LogP contribution in [0.4, 0.5) is 0 Å². The molecule has 0 unspecified atom stereocenters. The Labute approximate surface area is 118 Å². The highest BCUT2D eigenvalue weighted by atomic mass is 16.5. The van der Waals surface area contributed by atoms with E-state index >= 15 is 0 Å². The first kappa shape index (κ1) is 14.1. The quantitative estimate of drug-likeness (QED) is 0.619. The number of esters is 1. The van der Waals surface area contributed by atoms with Crippen molar-refractivity contribution in [3.05, 3.63) is 65.8 Å². The standard InChI is InChI=1S/C16H18N2O2/c1-12(2)16(19)20-11-14-10-18(3)15(17-14)9-13-7-5-4-6-8-13/h4-8,10H,1,9,11H2,2-3H3. The Bertz CT molecular complexity index is 615. The van der Waals surface area contributed by atoms with Crippen molar-refractivity contribution in [2.24, 2.45) is 7.05 Å². The Balaban J connectivity index is 2.02. The highest BCUT2D eigenvalue weighted by Gasteiger charge is 2.09. The van der Waals surface area contributed by atoms with Crippen LogP contribution in [-0.2, 0) is 29.6 Å². The van der Waals surface area contributed by atoms with E-state index in [0.29, 0.717) is 5.57 Å². The van der Waals surface area contributed by atoms with Gasteiger partial charge in [-0.2, -0.15) is 0 Å². The minimum atomic E-state index is -0.389. The van der Waals surface area contributed by atoms with E-state index < -0.39 is 0 Å². The van der Waals surface area contributed by atoms with E-state index in [1.807, 2.05) is 36.0 Å². The summed E-state index contributed by atoms with van der Waals surface area (Å²) in [4.78, 5) is 15.8. The molecular formula is C16H18N2O2. The van der Waals surface area contributed by atoms with Gasteiger partial charge in [0.1, 0.15) is 12.4 Å². The molecule has 0 fully saturated rings. The summed E-state index contributed by atoms with van der Waals surface area (Å²) in [5.41, 5.74) is 2.34. The zero-order chi connectivity index (χ0) is 14.5. The van der Waals surface area contributed by atoms with Crippen LogP contribution in [0.15, 0.2) is 48.7 Å². The molecular weight excluding hydrogens is 252 g/mol. The number of hydrogen-bond acceptors (Lipinski definition) is 3. The van der Waals surface area contributed by atoms with E-state index in [4.69, 9.17) is 4.74 Å². The van der Waals surface area contributed by atoms with Crippen LogP contribution in [0, 0.1) is 0 Å². The van der Waals surface area contributed by atoms with Gasteiger partial charge in [0.05, 0.1) is 5.69 Å². The molecule has 1 aromatic carbocycles. The van der Waals surface area contributed by atoms with Crippen molar-refractivity contribution in [2.45, 2.75) is 20.0 Å². The second kappa shape index (κ2) is 6.19. The smallest absolute Gasteiger partial charge is 0.333 e. The van der Waals surface area contributed by atoms with Gasteiger partial charge in [-0.25, -0.2) is 9.78 Å². The van der Waals surface area contributed by atoms with Crippen molar-refractivity contribution in [3.63, 3.8) is 0 Å². The van der Waals surface area contributed by atoms with Crippen LogP contribution in [-0.4, -0.2) is 15.5 Å². The monoisotopic (exact) mass is 270 g/mol. The molecule has 0 aliphatic carbocycles. The number of aromatic nitrogens is 2. The van der Waals surface area contributed by atoms with Gasteiger partial charge in [-0.1, -0.05) is 36.9 Å². The first-order valence-corrected chi connectivity index (χ1v) is 6.44. The van der Waals surface area contributed by atoms with Gasteiger partial charge in [0.15, 0.2) is 0 Å². The summed E-state index contributed by atoms with van der Waals surface area (Å²) >= 11 is 0. The van der Waals surface area contributed by atoms with Crippen LogP contribution in [0.2, 0.25) is 0 Å². The first-order valence-electron chi connectivity index (χ1n) is 6.44. The largest absolute Gasteiger partial charge is 0.456 e. The Hall–Kier alpha value is -2.36. The number of benzene rings is 1. The molecule has 0 amide bonds. The molecule has 0 spiro atoms. The number of ether oxygens (including phenoxy) is 1. The van der Waals surface area contributed by atoms with Gasteiger partial charge in [-0.3, -0.25) is 0 Å². The molecule has 0 aliphatic rings. The number of aryl methyl sites for hydroxylation is 1. The minimum absolute atomic E-state index is 0.175. The van der Waals surface area contributed by atoms with E-state index in [1.165, 1.54) is 5.56 Å². The summed E-state index contributed by atoms with van der Waals surface area (Å²) in [6.07, 6.45) is 2.63. The number of rotatable bonds is 5. The third-order valence-corrected chi connectivity index (χ3v) is 2.93. The lowest BCUT2D eigenvalue weighted by atomic mass is 10.1. The van der Waals surface area contributed by atoms with Crippen LogP contribution in [0.3, 0.4) is 0 Å². The van der Waals surface area contributed by atoms with Gasteiger partial charge in [0, 0.05) is 25.2 Å². The topological polar surface area (TPSA) is 44.1 Å². The van der Waals surface area contributed by atoms with Crippen molar-refractivity contribution in [2.75, 3.05) is 0 Å². The third-order valence-electron chi connectivity index (χ3n) is 2.93. The zero-order valence-electron chi connectivity index (χ0n) is 11.8. The number of carbonyl (C=O) groups is 1. The molecule has 4 nitrogen and oxygen atoms in total. The molecule has 0 aliphatic heterocycles. The number of nitrogens with zero attached hydrogens (tertiary/aromatic N) is 2. The molecule has 1 heterocycles. The second-order valence-electron chi connectivity index (χ2n) is 4.78. The zero-order valence-corrected chi connectivity index (χ0v) is 11.8. The maximum absolute atomic E-state index is 11.3. The minimum Gasteiger partial charge on any atom is -0.456 e. The summed E-state index contributed by atoms with van der Waals surface area (Å²) in [6.45, 7) is 5.35. The lowest BCUT2D eigenvalue weighted by molar-refractivity contribution is -0.140. The fourth-order valence-electron chi connectivity index (χ4n) is 1.85. The SMILES string of the molecule is C=C(C)C(=O)OCc1cn(C)c(Cc2ccccc2)n1. The lowest BCUT2D eigenvalue weighted by Crippen LogP contribution is -2.05. The van der Waals surface area contributed by atoms with Crippen LogP contribution in [0.25, 0.3) is 0 Å². The molecule has 0 saturated heterocycles. The second-order valence-corrected chi connectivity index (χ2v) is 4.78. The summed E-state index contributed by atoms with van der Waals surface area (Å²) in [6, 6.07) is 10.1. The third kappa shape index (κ3) is 3.57. The van der Waals surface area contributed by atoms with E-state index in [0.717, 1.165) is 17.9 Å². The van der Waals surface area contributed by atoms with Crippen molar-refractivity contribution in [1.82, 2.24) is 9.55 Å². The molecule has 0 saturated carbocycles. The Kier molecular flexibility index (Phi) is 4.35. The first-order chi connectivity index (χ1) is 9.56. The average Bonchev–Trinajstić information content (AvgIpc) is 2.77. The van der Waals surface area contributed by atoms with E-state index in [9.17, 15) is 4.79 Å². The summed E-state index contributed by atoms with van der Waals surface area (Å²) in [5, 5.41) is 0. The molecule has 2 aromatic rings. The Morgan fingerprint density at radius 2 is 2.05 bits per heavy atom. The predicted molar refractivity (Wildman–Crippen MR) is 77.1 cm³/mol.